The third-order valence-electron chi connectivity index (χ3n) is 5.86. The van der Waals surface area contributed by atoms with Crippen LogP contribution >= 0.6 is 0 Å². The molecule has 0 spiro atoms. The van der Waals surface area contributed by atoms with Crippen molar-refractivity contribution in [3.63, 3.8) is 0 Å². The van der Waals surface area contributed by atoms with E-state index in [9.17, 15) is 4.79 Å². The molecule has 1 aromatic rings. The van der Waals surface area contributed by atoms with Gasteiger partial charge in [0.1, 0.15) is 0 Å². The highest BCUT2D eigenvalue weighted by Crippen LogP contribution is 2.17. The molecule has 5 heteroatoms. The van der Waals surface area contributed by atoms with Gasteiger partial charge in [-0.15, -0.1) is 0 Å². The van der Waals surface area contributed by atoms with E-state index in [0.717, 1.165) is 58.6 Å². The topological polar surface area (TPSA) is 36.0 Å². The van der Waals surface area contributed by atoms with E-state index >= 15 is 0 Å². The van der Waals surface area contributed by atoms with Crippen LogP contribution in [0.1, 0.15) is 44.1 Å². The molecule has 0 bridgehead atoms. The summed E-state index contributed by atoms with van der Waals surface area (Å²) in [6, 6.07) is 11.1. The second-order valence-corrected chi connectivity index (χ2v) is 7.91. The first-order valence-electron chi connectivity index (χ1n) is 10.6. The Balaban J connectivity index is 1.37. The fourth-order valence-electron chi connectivity index (χ4n) is 4.13. The minimum Gasteiger partial charge on any atom is -0.341 e. The lowest BCUT2D eigenvalue weighted by molar-refractivity contribution is -0.182. The van der Waals surface area contributed by atoms with Gasteiger partial charge in [-0.05, 0) is 57.2 Å². The van der Waals surface area contributed by atoms with Crippen molar-refractivity contribution in [1.82, 2.24) is 14.9 Å². The van der Waals surface area contributed by atoms with Crippen molar-refractivity contribution in [2.75, 3.05) is 46.4 Å². The first kappa shape index (κ1) is 20.3. The van der Waals surface area contributed by atoms with Crippen LogP contribution < -0.4 is 0 Å². The fourth-order valence-corrected chi connectivity index (χ4v) is 4.13. The highest BCUT2D eigenvalue weighted by molar-refractivity contribution is 5.76. The Morgan fingerprint density at radius 2 is 2.00 bits per heavy atom. The van der Waals surface area contributed by atoms with E-state index in [1.165, 1.54) is 24.8 Å². The number of hydrogen-bond acceptors (Lipinski definition) is 4. The number of carbonyl (C=O) groups excluding carboxylic acids is 1. The molecule has 0 aliphatic carbocycles. The number of likely N-dealkylation sites (tertiary alicyclic amines) is 1. The van der Waals surface area contributed by atoms with Crippen molar-refractivity contribution >= 4 is 5.91 Å². The van der Waals surface area contributed by atoms with Crippen molar-refractivity contribution in [3.8, 4) is 0 Å². The second-order valence-electron chi connectivity index (χ2n) is 7.91. The summed E-state index contributed by atoms with van der Waals surface area (Å²) in [7, 11) is 1.98. The van der Waals surface area contributed by atoms with Crippen molar-refractivity contribution in [2.24, 2.45) is 0 Å². The maximum Gasteiger partial charge on any atom is 0.223 e. The van der Waals surface area contributed by atoms with Gasteiger partial charge in [-0.3, -0.25) is 9.63 Å². The Kier molecular flexibility index (Phi) is 8.11. The number of likely N-dealkylation sites (N-methyl/N-ethyl adjacent to an activating group) is 1. The van der Waals surface area contributed by atoms with E-state index in [4.69, 9.17) is 4.84 Å². The zero-order valence-electron chi connectivity index (χ0n) is 16.8. The molecule has 2 fully saturated rings. The van der Waals surface area contributed by atoms with Crippen LogP contribution in [0.25, 0.3) is 0 Å². The van der Waals surface area contributed by atoms with E-state index < -0.39 is 0 Å². The molecule has 27 heavy (non-hydrogen) atoms. The molecule has 1 atom stereocenters. The van der Waals surface area contributed by atoms with Crippen molar-refractivity contribution in [1.29, 1.82) is 0 Å². The van der Waals surface area contributed by atoms with Gasteiger partial charge in [-0.1, -0.05) is 30.3 Å². The molecule has 0 saturated carbocycles. The van der Waals surface area contributed by atoms with Crippen LogP contribution in [0.4, 0.5) is 0 Å². The number of aryl methyl sites for hydroxylation is 1. The smallest absolute Gasteiger partial charge is 0.223 e. The number of carbonyl (C=O) groups is 1. The maximum absolute atomic E-state index is 12.6. The SMILES string of the molecule is CN(C(=O)CCN1CCCCO1)[C@@H]1CCCN(CCCc2ccccc2)C1. The molecule has 2 saturated heterocycles. The van der Waals surface area contributed by atoms with Gasteiger partial charge in [0, 0.05) is 39.1 Å². The number of rotatable bonds is 8. The van der Waals surface area contributed by atoms with Crippen LogP contribution in [0.5, 0.6) is 0 Å². The number of nitrogens with zero attached hydrogens (tertiary/aromatic N) is 3. The molecular formula is C22H35N3O2. The van der Waals surface area contributed by atoms with E-state index in [0.29, 0.717) is 12.5 Å². The number of benzene rings is 1. The quantitative estimate of drug-likeness (QED) is 0.702. The van der Waals surface area contributed by atoms with Crippen LogP contribution in [0.3, 0.4) is 0 Å². The molecule has 2 aliphatic rings. The lowest BCUT2D eigenvalue weighted by Gasteiger charge is -2.38. The molecule has 0 N–H and O–H groups in total. The Bertz CT molecular complexity index is 560. The normalized spacial score (nSPS) is 21.9. The van der Waals surface area contributed by atoms with Crippen molar-refractivity contribution < 1.29 is 9.63 Å². The van der Waals surface area contributed by atoms with Crippen molar-refractivity contribution in [2.45, 2.75) is 51.0 Å². The molecular weight excluding hydrogens is 338 g/mol. The molecule has 1 amide bonds. The third-order valence-corrected chi connectivity index (χ3v) is 5.86. The van der Waals surface area contributed by atoms with Gasteiger partial charge < -0.3 is 9.80 Å². The van der Waals surface area contributed by atoms with Gasteiger partial charge in [0.15, 0.2) is 0 Å². The van der Waals surface area contributed by atoms with Crippen LogP contribution in [0.15, 0.2) is 30.3 Å². The average Bonchev–Trinajstić information content (AvgIpc) is 2.73. The summed E-state index contributed by atoms with van der Waals surface area (Å²) in [6.45, 7) is 5.76. The molecule has 2 aliphatic heterocycles. The Hall–Kier alpha value is -1.43. The summed E-state index contributed by atoms with van der Waals surface area (Å²) in [5.74, 6) is 0.250. The van der Waals surface area contributed by atoms with Crippen molar-refractivity contribution in [3.05, 3.63) is 35.9 Å². The maximum atomic E-state index is 12.6. The average molecular weight is 374 g/mol. The predicted octanol–water partition coefficient (Wildman–Crippen LogP) is 2.96. The fraction of sp³-hybridized carbons (Fsp3) is 0.682. The van der Waals surface area contributed by atoms with Crippen LogP contribution in [-0.2, 0) is 16.1 Å². The second kappa shape index (κ2) is 10.8. The molecule has 5 nitrogen and oxygen atoms in total. The Morgan fingerprint density at radius 3 is 2.78 bits per heavy atom. The van der Waals surface area contributed by atoms with E-state index in [2.05, 4.69) is 35.2 Å². The summed E-state index contributed by atoms with van der Waals surface area (Å²) in [5.41, 5.74) is 1.42. The standard InChI is InChI=1S/C22H35N3O2/c1-23(22(26)13-17-25-16-5-6-18-27-25)21-12-8-15-24(19-21)14-7-11-20-9-3-2-4-10-20/h2-4,9-10,21H,5-8,11-19H2,1H3/t21-/m1/s1. The molecule has 1 aromatic carbocycles. The Morgan fingerprint density at radius 1 is 1.15 bits per heavy atom. The zero-order chi connectivity index (χ0) is 18.9. The number of hydrogen-bond donors (Lipinski definition) is 0. The lowest BCUT2D eigenvalue weighted by atomic mass is 10.0. The van der Waals surface area contributed by atoms with Gasteiger partial charge in [0.05, 0.1) is 6.61 Å². The largest absolute Gasteiger partial charge is 0.341 e. The van der Waals surface area contributed by atoms with E-state index in [1.54, 1.807) is 0 Å². The molecule has 0 radical (unpaired) electrons. The summed E-state index contributed by atoms with van der Waals surface area (Å²) in [4.78, 5) is 22.8. The zero-order valence-corrected chi connectivity index (χ0v) is 16.8. The number of amides is 1. The van der Waals surface area contributed by atoms with Gasteiger partial charge in [-0.25, -0.2) is 0 Å². The summed E-state index contributed by atoms with van der Waals surface area (Å²) in [6.07, 6.45) is 7.48. The lowest BCUT2D eigenvalue weighted by Crippen LogP contribution is -2.49. The third kappa shape index (κ3) is 6.59. The first-order chi connectivity index (χ1) is 13.2. The van der Waals surface area contributed by atoms with Gasteiger partial charge in [-0.2, -0.15) is 5.06 Å². The summed E-state index contributed by atoms with van der Waals surface area (Å²) in [5, 5.41) is 1.96. The van der Waals surface area contributed by atoms with Gasteiger partial charge in [0.2, 0.25) is 5.91 Å². The van der Waals surface area contributed by atoms with E-state index in [1.807, 2.05) is 17.0 Å². The summed E-state index contributed by atoms with van der Waals surface area (Å²) < 4.78 is 0. The Labute approximate surface area is 164 Å². The minimum atomic E-state index is 0.250. The highest BCUT2D eigenvalue weighted by atomic mass is 16.7. The van der Waals surface area contributed by atoms with Crippen LogP contribution in [0.2, 0.25) is 0 Å². The van der Waals surface area contributed by atoms with Gasteiger partial charge >= 0.3 is 0 Å². The first-order valence-corrected chi connectivity index (χ1v) is 10.6. The van der Waals surface area contributed by atoms with Crippen LogP contribution in [-0.4, -0.2) is 73.2 Å². The number of hydroxylamine groups is 2. The minimum absolute atomic E-state index is 0.250. The van der Waals surface area contributed by atoms with Gasteiger partial charge in [0.25, 0.3) is 0 Å². The highest BCUT2D eigenvalue weighted by Gasteiger charge is 2.26. The predicted molar refractivity (Wildman–Crippen MR) is 108 cm³/mol. The van der Waals surface area contributed by atoms with Crippen LogP contribution in [0, 0.1) is 0 Å². The van der Waals surface area contributed by atoms with E-state index in [-0.39, 0.29) is 5.91 Å². The number of piperidine rings is 1. The molecule has 0 unspecified atom stereocenters. The molecule has 3 rings (SSSR count). The molecule has 2 heterocycles. The molecule has 150 valence electrons. The summed E-state index contributed by atoms with van der Waals surface area (Å²) >= 11 is 0. The monoisotopic (exact) mass is 373 g/mol. The molecule has 0 aromatic heterocycles.